The molecule has 0 fully saturated rings. The highest BCUT2D eigenvalue weighted by molar-refractivity contribution is 5.72. The number of nitrogens with zero attached hydrogens (tertiary/aromatic N) is 5. The fourth-order valence-electron chi connectivity index (χ4n) is 3.43. The molecule has 0 atom stereocenters. The first kappa shape index (κ1) is 19.5. The lowest BCUT2D eigenvalue weighted by Crippen LogP contribution is -2.25. The molecule has 0 bridgehead atoms. The zero-order valence-electron chi connectivity index (χ0n) is 16.2. The summed E-state index contributed by atoms with van der Waals surface area (Å²) in [5.74, 6) is 0.363. The third-order valence-electron chi connectivity index (χ3n) is 4.90. The van der Waals surface area contributed by atoms with Crippen molar-refractivity contribution >= 4 is 18.5 Å². The van der Waals surface area contributed by atoms with Gasteiger partial charge in [0, 0.05) is 55.2 Å². The van der Waals surface area contributed by atoms with Crippen molar-refractivity contribution in [3.05, 3.63) is 58.8 Å². The largest absolute Gasteiger partial charge is 0.493 e. The van der Waals surface area contributed by atoms with Crippen molar-refractivity contribution in [2.24, 2.45) is 17.3 Å². The number of anilines is 2. The second-order valence-corrected chi connectivity index (χ2v) is 6.66. The average Bonchev–Trinajstić information content (AvgIpc) is 3.21. The quantitative estimate of drug-likeness (QED) is 0.496. The highest BCUT2D eigenvalue weighted by atomic mass is 19.1. The molecule has 3 aromatic rings. The molecule has 2 aromatic heterocycles. The molecular formula is C20H19F2N7O. The maximum atomic E-state index is 14.4. The van der Waals surface area contributed by atoms with Crippen molar-refractivity contribution in [2.75, 3.05) is 17.7 Å². The van der Waals surface area contributed by atoms with Gasteiger partial charge in [-0.1, -0.05) is 0 Å². The highest BCUT2D eigenvalue weighted by Crippen LogP contribution is 2.30. The van der Waals surface area contributed by atoms with Gasteiger partial charge in [0.25, 0.3) is 0 Å². The number of fused-ring (bicyclic) bond motifs is 1. The topological polar surface area (TPSA) is 103 Å². The van der Waals surface area contributed by atoms with Gasteiger partial charge in [0.2, 0.25) is 5.95 Å². The second-order valence-electron chi connectivity index (χ2n) is 6.66. The Labute approximate surface area is 170 Å². The number of hydrogen-bond acceptors (Lipinski definition) is 7. The number of aromatic nitrogens is 3. The Kier molecular flexibility index (Phi) is 5.13. The minimum atomic E-state index is -0.544. The van der Waals surface area contributed by atoms with E-state index in [2.05, 4.69) is 32.2 Å². The molecule has 0 amide bonds. The van der Waals surface area contributed by atoms with Crippen LogP contribution in [0.4, 0.5) is 20.5 Å². The van der Waals surface area contributed by atoms with Crippen molar-refractivity contribution < 1.29 is 13.5 Å². The summed E-state index contributed by atoms with van der Waals surface area (Å²) in [7, 11) is 1.70. The normalized spacial score (nSPS) is 13.1. The summed E-state index contributed by atoms with van der Waals surface area (Å²) in [6.07, 6.45) is 3.16. The van der Waals surface area contributed by atoms with Gasteiger partial charge in [-0.2, -0.15) is 5.10 Å². The Morgan fingerprint density at radius 1 is 1.27 bits per heavy atom. The van der Waals surface area contributed by atoms with Gasteiger partial charge < -0.3 is 15.8 Å². The van der Waals surface area contributed by atoms with Crippen molar-refractivity contribution in [2.45, 2.75) is 13.0 Å². The summed E-state index contributed by atoms with van der Waals surface area (Å²) in [6.45, 7) is 4.12. The van der Waals surface area contributed by atoms with E-state index in [1.807, 2.05) is 0 Å². The van der Waals surface area contributed by atoms with Crippen molar-refractivity contribution in [3.63, 3.8) is 0 Å². The number of nitrogens with one attached hydrogen (secondary N) is 1. The summed E-state index contributed by atoms with van der Waals surface area (Å²) in [5, 5.41) is 10.8. The van der Waals surface area contributed by atoms with Crippen LogP contribution in [0.5, 0.6) is 5.75 Å². The summed E-state index contributed by atoms with van der Waals surface area (Å²) >= 11 is 0. The summed E-state index contributed by atoms with van der Waals surface area (Å²) in [4.78, 5) is 8.21. The predicted octanol–water partition coefficient (Wildman–Crippen LogP) is 2.41. The fourth-order valence-corrected chi connectivity index (χ4v) is 3.43. The van der Waals surface area contributed by atoms with Crippen LogP contribution in [0.2, 0.25) is 0 Å². The maximum Gasteiger partial charge on any atom is 0.204 e. The van der Waals surface area contributed by atoms with E-state index in [9.17, 15) is 8.78 Å². The Morgan fingerprint density at radius 3 is 2.90 bits per heavy atom. The second kappa shape index (κ2) is 7.90. The van der Waals surface area contributed by atoms with Crippen molar-refractivity contribution in [1.82, 2.24) is 14.5 Å². The summed E-state index contributed by atoms with van der Waals surface area (Å²) in [5.41, 5.74) is 8.37. The molecule has 1 aliphatic rings. The first-order chi connectivity index (χ1) is 14.5. The van der Waals surface area contributed by atoms with Crippen LogP contribution in [-0.2, 0) is 20.0 Å². The van der Waals surface area contributed by atoms with E-state index in [-0.39, 0.29) is 18.2 Å². The smallest absolute Gasteiger partial charge is 0.204 e. The molecule has 8 nitrogen and oxygen atoms in total. The maximum absolute atomic E-state index is 14.4. The Bertz CT molecular complexity index is 1210. The van der Waals surface area contributed by atoms with Gasteiger partial charge in [-0.15, -0.1) is 5.10 Å². The van der Waals surface area contributed by atoms with Gasteiger partial charge in [-0.25, -0.2) is 18.7 Å². The van der Waals surface area contributed by atoms with Gasteiger partial charge in [-0.3, -0.25) is 4.57 Å². The van der Waals surface area contributed by atoms with E-state index in [0.717, 1.165) is 11.8 Å². The van der Waals surface area contributed by atoms with Crippen LogP contribution in [-0.4, -0.2) is 27.9 Å². The Morgan fingerprint density at radius 2 is 2.10 bits per heavy atom. The van der Waals surface area contributed by atoms with Crippen LogP contribution in [0.1, 0.15) is 11.1 Å². The van der Waals surface area contributed by atoms with E-state index in [1.165, 1.54) is 18.3 Å². The monoisotopic (exact) mass is 411 g/mol. The Balaban J connectivity index is 1.72. The van der Waals surface area contributed by atoms with Gasteiger partial charge in [-0.05, 0) is 18.2 Å². The minimum absolute atomic E-state index is 0.126. The zero-order chi connectivity index (χ0) is 21.3. The van der Waals surface area contributed by atoms with Crippen LogP contribution in [0.3, 0.4) is 0 Å². The van der Waals surface area contributed by atoms with Crippen LogP contribution >= 0.6 is 0 Å². The van der Waals surface area contributed by atoms with Crippen molar-refractivity contribution in [3.8, 4) is 16.9 Å². The molecule has 1 aromatic carbocycles. The lowest BCUT2D eigenvalue weighted by molar-refractivity contribution is 0.356. The van der Waals surface area contributed by atoms with Gasteiger partial charge in [0.15, 0.2) is 5.49 Å². The van der Waals surface area contributed by atoms with Crippen molar-refractivity contribution in [1.29, 1.82) is 0 Å². The molecule has 0 saturated heterocycles. The van der Waals surface area contributed by atoms with E-state index in [1.54, 1.807) is 17.7 Å². The third kappa shape index (κ3) is 3.47. The SMILES string of the molecule is C=N/N=c1/c(-c2cc(F)cnc2N)cnc(NCc2c(F)ccc3c2CCO3)n1C. The predicted molar refractivity (Wildman–Crippen MR) is 109 cm³/mol. The summed E-state index contributed by atoms with van der Waals surface area (Å²) < 4.78 is 35.2. The molecule has 3 N–H and O–H groups in total. The van der Waals surface area contributed by atoms with Crippen LogP contribution < -0.4 is 21.3 Å². The molecular weight excluding hydrogens is 392 g/mol. The summed E-state index contributed by atoms with van der Waals surface area (Å²) in [6, 6.07) is 4.27. The molecule has 154 valence electrons. The molecule has 0 radical (unpaired) electrons. The number of ether oxygens (including phenoxy) is 1. The molecule has 3 heterocycles. The lowest BCUT2D eigenvalue weighted by Gasteiger charge is -2.15. The molecule has 0 aliphatic carbocycles. The average molecular weight is 411 g/mol. The standard InChI is InChI=1S/C20H19F2N7O/c1-24-28-19-15(13-7-11(21)8-25-18(13)23)10-27-20(29(19)2)26-9-14-12-5-6-30-17(12)4-3-16(14)22/h3-4,7-8,10H,1,5-6,9H2,2H3,(H2,23,25)(H,26,27)/b28-19-. The number of hydrogen-bond donors (Lipinski definition) is 2. The number of nitrogen functional groups attached to an aromatic ring is 1. The molecule has 0 saturated carbocycles. The molecule has 10 heteroatoms. The first-order valence-corrected chi connectivity index (χ1v) is 9.13. The first-order valence-electron chi connectivity index (χ1n) is 9.13. The number of benzene rings is 1. The van der Waals surface area contributed by atoms with E-state index in [4.69, 9.17) is 10.5 Å². The van der Waals surface area contributed by atoms with Gasteiger partial charge >= 0.3 is 0 Å². The molecule has 0 unspecified atom stereocenters. The zero-order valence-corrected chi connectivity index (χ0v) is 16.2. The number of halogens is 2. The highest BCUT2D eigenvalue weighted by Gasteiger charge is 2.20. The Hall–Kier alpha value is -3.82. The van der Waals surface area contributed by atoms with Crippen LogP contribution in [0, 0.1) is 11.6 Å². The minimum Gasteiger partial charge on any atom is -0.493 e. The number of rotatable bonds is 5. The number of pyridine rings is 1. The molecule has 1 aliphatic heterocycles. The lowest BCUT2D eigenvalue weighted by atomic mass is 10.0. The fraction of sp³-hybridized carbons (Fsp3) is 0.200. The van der Waals surface area contributed by atoms with E-state index >= 15 is 0 Å². The van der Waals surface area contributed by atoms with Crippen LogP contribution in [0.15, 0.2) is 40.8 Å². The molecule has 4 rings (SSSR count). The number of nitrogens with two attached hydrogens (primary N) is 1. The molecule has 0 spiro atoms. The van der Waals surface area contributed by atoms with Crippen LogP contribution in [0.25, 0.3) is 11.1 Å². The van der Waals surface area contributed by atoms with E-state index in [0.29, 0.717) is 46.9 Å². The van der Waals surface area contributed by atoms with Gasteiger partial charge in [0.1, 0.15) is 23.2 Å². The van der Waals surface area contributed by atoms with E-state index < -0.39 is 5.82 Å². The third-order valence-corrected chi connectivity index (χ3v) is 4.90. The van der Waals surface area contributed by atoms with Gasteiger partial charge in [0.05, 0.1) is 12.8 Å². The molecule has 30 heavy (non-hydrogen) atoms.